The van der Waals surface area contributed by atoms with Crippen LogP contribution < -0.4 is 14.4 Å². The fourth-order valence-corrected chi connectivity index (χ4v) is 3.82. The first-order valence-corrected chi connectivity index (χ1v) is 9.53. The molecular weight excluding hydrogens is 398 g/mol. The molecule has 1 unspecified atom stereocenters. The lowest BCUT2D eigenvalue weighted by Gasteiger charge is -2.15. The van der Waals surface area contributed by atoms with Crippen molar-refractivity contribution in [3.63, 3.8) is 0 Å². The number of carbonyl (C=O) groups excluding carboxylic acids is 1. The normalized spacial score (nSPS) is 16.4. The van der Waals surface area contributed by atoms with E-state index < -0.39 is 12.1 Å². The first-order valence-electron chi connectivity index (χ1n) is 8.31. The highest BCUT2D eigenvalue weighted by atomic mass is 32.2. The van der Waals surface area contributed by atoms with Gasteiger partial charge in [-0.1, -0.05) is 48.2 Å². The third-order valence-corrected chi connectivity index (χ3v) is 5.26. The summed E-state index contributed by atoms with van der Waals surface area (Å²) in [5.74, 6) is -0.329. The highest BCUT2D eigenvalue weighted by molar-refractivity contribution is 8.27. The van der Waals surface area contributed by atoms with Gasteiger partial charge in [0.2, 0.25) is 0 Å². The van der Waals surface area contributed by atoms with Crippen molar-refractivity contribution in [3.8, 4) is 11.5 Å². The van der Waals surface area contributed by atoms with Gasteiger partial charge in [0.1, 0.15) is 11.5 Å². The Balaban J connectivity index is 1.91. The zero-order chi connectivity index (χ0) is 20.3. The second-order valence-corrected chi connectivity index (χ2v) is 7.53. The number of ether oxygens (including phenoxy) is 2. The maximum absolute atomic E-state index is 12.9. The van der Waals surface area contributed by atoms with Gasteiger partial charge in [0, 0.05) is 11.6 Å². The van der Waals surface area contributed by atoms with Gasteiger partial charge in [-0.3, -0.25) is 9.69 Å². The van der Waals surface area contributed by atoms with Crippen LogP contribution in [0.1, 0.15) is 12.5 Å². The van der Waals surface area contributed by atoms with Gasteiger partial charge in [0.25, 0.3) is 5.91 Å². The van der Waals surface area contributed by atoms with Crippen LogP contribution in [0.5, 0.6) is 11.5 Å². The lowest BCUT2D eigenvalue weighted by Crippen LogP contribution is -2.27. The second kappa shape index (κ2) is 8.45. The van der Waals surface area contributed by atoms with Crippen LogP contribution in [-0.4, -0.2) is 34.5 Å². The standard InChI is InChI=1S/C20H17NO5S2/c1-12(19(23)24)26-16-9-4-3-6-13(16)10-17-18(22)21(20(27)28-17)14-7-5-8-15(11-14)25-2/h3-12H,1-2H3,(H,23,24)/b17-10+. The van der Waals surface area contributed by atoms with Crippen LogP contribution in [0.2, 0.25) is 0 Å². The highest BCUT2D eigenvalue weighted by Crippen LogP contribution is 2.38. The van der Waals surface area contributed by atoms with Gasteiger partial charge in [-0.05, 0) is 31.2 Å². The van der Waals surface area contributed by atoms with Crippen molar-refractivity contribution >= 4 is 51.9 Å². The molecule has 1 aliphatic heterocycles. The number of amides is 1. The number of hydrogen-bond donors (Lipinski definition) is 1. The number of hydrogen-bond acceptors (Lipinski definition) is 6. The Labute approximate surface area is 171 Å². The molecule has 0 bridgehead atoms. The summed E-state index contributed by atoms with van der Waals surface area (Å²) < 4.78 is 11.1. The van der Waals surface area contributed by atoms with Gasteiger partial charge in [-0.25, -0.2) is 4.79 Å². The lowest BCUT2D eigenvalue weighted by atomic mass is 10.1. The Morgan fingerprint density at radius 1 is 1.25 bits per heavy atom. The van der Waals surface area contributed by atoms with Crippen LogP contribution in [0.15, 0.2) is 53.4 Å². The minimum atomic E-state index is -1.07. The largest absolute Gasteiger partial charge is 0.497 e. The number of carboxylic acids is 1. The van der Waals surface area contributed by atoms with Crippen molar-refractivity contribution in [2.75, 3.05) is 12.0 Å². The Morgan fingerprint density at radius 2 is 2.00 bits per heavy atom. The summed E-state index contributed by atoms with van der Waals surface area (Å²) in [4.78, 5) is 25.9. The maximum atomic E-state index is 12.9. The first kappa shape index (κ1) is 19.9. The molecular formula is C20H17NO5S2. The molecule has 1 amide bonds. The number of carboxylic acid groups (broad SMARTS) is 1. The Kier molecular flexibility index (Phi) is 6.01. The van der Waals surface area contributed by atoms with Crippen molar-refractivity contribution < 1.29 is 24.2 Å². The van der Waals surface area contributed by atoms with Crippen molar-refractivity contribution in [3.05, 3.63) is 59.0 Å². The van der Waals surface area contributed by atoms with E-state index in [0.717, 1.165) is 0 Å². The zero-order valence-corrected chi connectivity index (χ0v) is 16.8. The van der Waals surface area contributed by atoms with E-state index in [1.807, 2.05) is 0 Å². The molecule has 0 spiro atoms. The van der Waals surface area contributed by atoms with Gasteiger partial charge in [-0.2, -0.15) is 0 Å². The lowest BCUT2D eigenvalue weighted by molar-refractivity contribution is -0.144. The van der Waals surface area contributed by atoms with Crippen LogP contribution in [-0.2, 0) is 9.59 Å². The third kappa shape index (κ3) is 4.18. The molecule has 0 saturated carbocycles. The topological polar surface area (TPSA) is 76.1 Å². The molecule has 8 heteroatoms. The zero-order valence-electron chi connectivity index (χ0n) is 15.1. The van der Waals surface area contributed by atoms with Crippen LogP contribution in [0, 0.1) is 0 Å². The van der Waals surface area contributed by atoms with E-state index in [-0.39, 0.29) is 5.91 Å². The Bertz CT molecular complexity index is 973. The van der Waals surface area contributed by atoms with E-state index in [4.69, 9.17) is 26.8 Å². The minimum absolute atomic E-state index is 0.260. The van der Waals surface area contributed by atoms with Crippen LogP contribution >= 0.6 is 24.0 Å². The quantitative estimate of drug-likeness (QED) is 0.565. The van der Waals surface area contributed by atoms with Gasteiger partial charge in [-0.15, -0.1) is 0 Å². The number of thiocarbonyl (C=S) groups is 1. The van der Waals surface area contributed by atoms with Gasteiger partial charge in [0.15, 0.2) is 10.4 Å². The smallest absolute Gasteiger partial charge is 0.344 e. The number of benzene rings is 2. The number of methoxy groups -OCH3 is 1. The number of carbonyl (C=O) groups is 2. The van der Waals surface area contributed by atoms with E-state index in [1.165, 1.54) is 23.6 Å². The molecule has 1 heterocycles. The van der Waals surface area contributed by atoms with Crippen LogP contribution in [0.4, 0.5) is 5.69 Å². The summed E-state index contributed by atoms with van der Waals surface area (Å²) in [5.41, 5.74) is 1.22. The molecule has 1 fully saturated rings. The van der Waals surface area contributed by atoms with Gasteiger partial charge in [0.05, 0.1) is 17.7 Å². The van der Waals surface area contributed by atoms with Crippen molar-refractivity contribution in [1.82, 2.24) is 0 Å². The molecule has 2 aromatic rings. The highest BCUT2D eigenvalue weighted by Gasteiger charge is 2.33. The summed E-state index contributed by atoms with van der Waals surface area (Å²) in [6.45, 7) is 1.45. The predicted molar refractivity (Wildman–Crippen MR) is 113 cm³/mol. The number of para-hydroxylation sites is 1. The average Bonchev–Trinajstić information content (AvgIpc) is 2.96. The second-order valence-electron chi connectivity index (χ2n) is 5.85. The molecule has 0 aromatic heterocycles. The van der Waals surface area contributed by atoms with Crippen molar-refractivity contribution in [2.45, 2.75) is 13.0 Å². The summed E-state index contributed by atoms with van der Waals surface area (Å²) >= 11 is 6.56. The number of rotatable bonds is 6. The summed E-state index contributed by atoms with van der Waals surface area (Å²) in [5, 5.41) is 9.07. The molecule has 144 valence electrons. The van der Waals surface area contributed by atoms with Crippen LogP contribution in [0.25, 0.3) is 6.08 Å². The Hall–Kier alpha value is -2.84. The summed E-state index contributed by atoms with van der Waals surface area (Å²) in [6.07, 6.45) is 0.643. The van der Waals surface area contributed by atoms with E-state index in [0.29, 0.717) is 32.0 Å². The molecule has 6 nitrogen and oxygen atoms in total. The average molecular weight is 415 g/mol. The molecule has 1 N–H and O–H groups in total. The van der Waals surface area contributed by atoms with Crippen molar-refractivity contribution in [2.24, 2.45) is 0 Å². The van der Waals surface area contributed by atoms with Gasteiger partial charge < -0.3 is 14.6 Å². The SMILES string of the molecule is COc1cccc(N2C(=O)/C(=C\c3ccccc3OC(C)C(=O)O)SC2=S)c1. The van der Waals surface area contributed by atoms with E-state index >= 15 is 0 Å². The third-order valence-electron chi connectivity index (χ3n) is 3.96. The number of aliphatic carboxylic acids is 1. The molecule has 2 aromatic carbocycles. The maximum Gasteiger partial charge on any atom is 0.344 e. The number of anilines is 1. The molecule has 1 aliphatic rings. The molecule has 3 rings (SSSR count). The number of nitrogens with zero attached hydrogens (tertiary/aromatic N) is 1. The summed E-state index contributed by atoms with van der Waals surface area (Å²) in [6, 6.07) is 14.0. The fourth-order valence-electron chi connectivity index (χ4n) is 2.53. The molecule has 28 heavy (non-hydrogen) atoms. The van der Waals surface area contributed by atoms with E-state index in [9.17, 15) is 9.59 Å². The first-order chi connectivity index (χ1) is 13.4. The molecule has 1 saturated heterocycles. The minimum Gasteiger partial charge on any atom is -0.497 e. The molecule has 0 radical (unpaired) electrons. The van der Waals surface area contributed by atoms with Gasteiger partial charge >= 0.3 is 5.97 Å². The monoisotopic (exact) mass is 415 g/mol. The Morgan fingerprint density at radius 3 is 2.71 bits per heavy atom. The van der Waals surface area contributed by atoms with Crippen molar-refractivity contribution in [1.29, 1.82) is 0 Å². The van der Waals surface area contributed by atoms with Crippen LogP contribution in [0.3, 0.4) is 0 Å². The van der Waals surface area contributed by atoms with E-state index in [1.54, 1.807) is 61.7 Å². The molecule has 1 atom stereocenters. The number of thioether (sulfide) groups is 1. The fraction of sp³-hybridized carbons (Fsp3) is 0.150. The predicted octanol–water partition coefficient (Wildman–Crippen LogP) is 3.95. The molecule has 0 aliphatic carbocycles. The van der Waals surface area contributed by atoms with E-state index in [2.05, 4.69) is 0 Å². The summed E-state index contributed by atoms with van der Waals surface area (Å²) in [7, 11) is 1.55.